The van der Waals surface area contributed by atoms with Gasteiger partial charge in [0.1, 0.15) is 5.82 Å². The van der Waals surface area contributed by atoms with Crippen molar-refractivity contribution >= 4 is 32.0 Å². The molecule has 0 unspecified atom stereocenters. The van der Waals surface area contributed by atoms with Crippen LogP contribution in [0, 0.1) is 5.82 Å². The van der Waals surface area contributed by atoms with Gasteiger partial charge in [-0.05, 0) is 34.1 Å². The average molecular weight is 381 g/mol. The van der Waals surface area contributed by atoms with Gasteiger partial charge in [-0.1, -0.05) is 0 Å². The Kier molecular flexibility index (Phi) is 4.84. The summed E-state index contributed by atoms with van der Waals surface area (Å²) in [6, 6.07) is 3.43. The van der Waals surface area contributed by atoms with E-state index < -0.39 is 21.9 Å². The zero-order valence-corrected chi connectivity index (χ0v) is 13.7. The lowest BCUT2D eigenvalue weighted by Crippen LogP contribution is -2.50. The number of hydrogen-bond acceptors (Lipinski definition) is 4. The maximum Gasteiger partial charge on any atom is 0.409 e. The largest absolute Gasteiger partial charge is 0.453 e. The summed E-state index contributed by atoms with van der Waals surface area (Å²) in [7, 11) is -2.45. The van der Waals surface area contributed by atoms with Crippen molar-refractivity contribution in [2.75, 3.05) is 33.3 Å². The molecule has 0 N–H and O–H groups in total. The molecule has 1 heterocycles. The Hall–Kier alpha value is -1.19. The third-order valence-electron chi connectivity index (χ3n) is 3.18. The van der Waals surface area contributed by atoms with Crippen molar-refractivity contribution in [3.8, 4) is 0 Å². The SMILES string of the molecule is COC(=O)N1CCN(S(=O)(=O)c2ccc(F)cc2Br)CC1. The predicted octanol–water partition coefficient (Wildman–Crippen LogP) is 1.66. The molecule has 2 rings (SSSR count). The van der Waals surface area contributed by atoms with E-state index in [0.717, 1.165) is 12.1 Å². The second-order valence-electron chi connectivity index (χ2n) is 4.44. The zero-order chi connectivity index (χ0) is 15.6. The predicted molar refractivity (Wildman–Crippen MR) is 76.8 cm³/mol. The van der Waals surface area contributed by atoms with Crippen LogP contribution in [0.5, 0.6) is 0 Å². The Morgan fingerprint density at radius 1 is 1.29 bits per heavy atom. The summed E-state index contributed by atoms with van der Waals surface area (Å²) in [6.07, 6.45) is -0.477. The van der Waals surface area contributed by atoms with Crippen molar-refractivity contribution in [3.05, 3.63) is 28.5 Å². The van der Waals surface area contributed by atoms with Gasteiger partial charge in [-0.25, -0.2) is 17.6 Å². The van der Waals surface area contributed by atoms with Crippen LogP contribution in [0.25, 0.3) is 0 Å². The molecule has 1 amide bonds. The highest BCUT2D eigenvalue weighted by Gasteiger charge is 2.31. The standard InChI is InChI=1S/C12H14BrFN2O4S/c1-20-12(17)15-4-6-16(7-5-15)21(18,19)11-3-2-9(14)8-10(11)13/h2-3,8H,4-7H2,1H3. The van der Waals surface area contributed by atoms with Gasteiger partial charge in [0.05, 0.1) is 12.0 Å². The Labute approximate surface area is 130 Å². The maximum absolute atomic E-state index is 13.1. The fraction of sp³-hybridized carbons (Fsp3) is 0.417. The molecule has 0 aromatic heterocycles. The normalized spacial score (nSPS) is 16.8. The highest BCUT2D eigenvalue weighted by molar-refractivity contribution is 9.10. The summed E-state index contributed by atoms with van der Waals surface area (Å²) in [5.41, 5.74) is 0. The number of rotatable bonds is 2. The van der Waals surface area contributed by atoms with E-state index in [9.17, 15) is 17.6 Å². The Morgan fingerprint density at radius 3 is 2.43 bits per heavy atom. The number of hydrogen-bond donors (Lipinski definition) is 0. The van der Waals surface area contributed by atoms with Crippen molar-refractivity contribution in [1.82, 2.24) is 9.21 Å². The Balaban J connectivity index is 2.17. The number of carbonyl (C=O) groups is 1. The van der Waals surface area contributed by atoms with E-state index in [1.807, 2.05) is 0 Å². The van der Waals surface area contributed by atoms with E-state index in [2.05, 4.69) is 20.7 Å². The molecule has 116 valence electrons. The Bertz CT molecular complexity index is 645. The van der Waals surface area contributed by atoms with Gasteiger partial charge in [-0.2, -0.15) is 4.31 Å². The summed E-state index contributed by atoms with van der Waals surface area (Å²) in [6.45, 7) is 0.845. The fourth-order valence-electron chi connectivity index (χ4n) is 2.06. The van der Waals surface area contributed by atoms with Gasteiger partial charge in [0.25, 0.3) is 0 Å². The van der Waals surface area contributed by atoms with Crippen LogP contribution in [0.3, 0.4) is 0 Å². The molecule has 0 saturated carbocycles. The molecule has 6 nitrogen and oxygen atoms in total. The molecule has 1 saturated heterocycles. The average Bonchev–Trinajstić information content (AvgIpc) is 2.46. The zero-order valence-electron chi connectivity index (χ0n) is 11.3. The molecule has 0 atom stereocenters. The second kappa shape index (κ2) is 6.29. The number of halogens is 2. The summed E-state index contributed by atoms with van der Waals surface area (Å²) in [5.74, 6) is -0.517. The molecule has 21 heavy (non-hydrogen) atoms. The number of nitrogens with zero attached hydrogens (tertiary/aromatic N) is 2. The first-order valence-corrected chi connectivity index (χ1v) is 8.37. The molecule has 1 aromatic carbocycles. The molecule has 0 aliphatic carbocycles. The molecule has 1 fully saturated rings. The van der Waals surface area contributed by atoms with Gasteiger partial charge >= 0.3 is 6.09 Å². The van der Waals surface area contributed by atoms with Crippen molar-refractivity contribution < 1.29 is 22.3 Å². The van der Waals surface area contributed by atoms with Gasteiger partial charge in [-0.3, -0.25) is 0 Å². The van der Waals surface area contributed by atoms with Crippen molar-refractivity contribution in [2.45, 2.75) is 4.90 Å². The smallest absolute Gasteiger partial charge is 0.409 e. The minimum Gasteiger partial charge on any atom is -0.453 e. The van der Waals surface area contributed by atoms with Crippen molar-refractivity contribution in [2.24, 2.45) is 0 Å². The summed E-state index contributed by atoms with van der Waals surface area (Å²) < 4.78 is 44.1. The molecule has 0 bridgehead atoms. The van der Waals surface area contributed by atoms with Gasteiger partial charge in [0.2, 0.25) is 10.0 Å². The molecule has 1 aliphatic heterocycles. The van der Waals surface area contributed by atoms with Gasteiger partial charge in [-0.15, -0.1) is 0 Å². The highest BCUT2D eigenvalue weighted by atomic mass is 79.9. The molecule has 1 aliphatic rings. The van der Waals surface area contributed by atoms with Crippen LogP contribution in [-0.2, 0) is 14.8 Å². The van der Waals surface area contributed by atoms with Gasteiger partial charge in [0.15, 0.2) is 0 Å². The second-order valence-corrected chi connectivity index (χ2v) is 7.20. The van der Waals surface area contributed by atoms with Crippen LogP contribution in [0.1, 0.15) is 0 Å². The quantitative estimate of drug-likeness (QED) is 0.782. The number of piperazine rings is 1. The van der Waals surface area contributed by atoms with E-state index in [-0.39, 0.29) is 35.5 Å². The Morgan fingerprint density at radius 2 is 1.90 bits per heavy atom. The number of carbonyl (C=O) groups excluding carboxylic acids is 1. The topological polar surface area (TPSA) is 66.9 Å². The summed E-state index contributed by atoms with van der Waals surface area (Å²) in [5, 5.41) is 0. The molecule has 0 radical (unpaired) electrons. The summed E-state index contributed by atoms with van der Waals surface area (Å²) >= 11 is 3.07. The van der Waals surface area contributed by atoms with Gasteiger partial charge in [0, 0.05) is 30.7 Å². The first-order valence-electron chi connectivity index (χ1n) is 6.14. The van der Waals surface area contributed by atoms with Crippen LogP contribution in [0.2, 0.25) is 0 Å². The van der Waals surface area contributed by atoms with Gasteiger partial charge < -0.3 is 9.64 Å². The third-order valence-corrected chi connectivity index (χ3v) is 6.06. The van der Waals surface area contributed by atoms with Crippen molar-refractivity contribution in [3.63, 3.8) is 0 Å². The minimum atomic E-state index is -3.72. The van der Waals surface area contributed by atoms with Crippen LogP contribution in [0.15, 0.2) is 27.6 Å². The molecular formula is C12H14BrFN2O4S. The van der Waals surface area contributed by atoms with Crippen molar-refractivity contribution in [1.29, 1.82) is 0 Å². The van der Waals surface area contributed by atoms with Crippen LogP contribution in [0.4, 0.5) is 9.18 Å². The van der Waals surface area contributed by atoms with Crippen LogP contribution >= 0.6 is 15.9 Å². The maximum atomic E-state index is 13.1. The number of amides is 1. The van der Waals surface area contributed by atoms with Crippen LogP contribution < -0.4 is 0 Å². The molecular weight excluding hydrogens is 367 g/mol. The highest BCUT2D eigenvalue weighted by Crippen LogP contribution is 2.26. The summed E-state index contributed by atoms with van der Waals surface area (Å²) in [4.78, 5) is 12.8. The molecule has 1 aromatic rings. The number of ether oxygens (including phenoxy) is 1. The molecule has 9 heteroatoms. The molecule has 0 spiro atoms. The van der Waals surface area contributed by atoms with E-state index in [1.54, 1.807) is 0 Å². The minimum absolute atomic E-state index is 0.00965. The lowest BCUT2D eigenvalue weighted by Gasteiger charge is -2.33. The van der Waals surface area contributed by atoms with E-state index in [0.29, 0.717) is 0 Å². The number of sulfonamides is 1. The number of benzene rings is 1. The lowest BCUT2D eigenvalue weighted by molar-refractivity contribution is 0.108. The van der Waals surface area contributed by atoms with E-state index in [1.165, 1.54) is 22.4 Å². The number of methoxy groups -OCH3 is 1. The third kappa shape index (κ3) is 3.35. The van der Waals surface area contributed by atoms with Crippen LogP contribution in [-0.4, -0.2) is 57.0 Å². The van der Waals surface area contributed by atoms with E-state index >= 15 is 0 Å². The first kappa shape index (κ1) is 16.2. The first-order chi connectivity index (χ1) is 9.86. The lowest BCUT2D eigenvalue weighted by atomic mass is 10.3. The fourth-order valence-corrected chi connectivity index (χ4v) is 4.50. The van der Waals surface area contributed by atoms with E-state index in [4.69, 9.17) is 0 Å². The monoisotopic (exact) mass is 380 g/mol.